The lowest BCUT2D eigenvalue weighted by molar-refractivity contribution is -0.122. The van der Waals surface area contributed by atoms with Crippen LogP contribution in [0.2, 0.25) is 0 Å². The highest BCUT2D eigenvalue weighted by Crippen LogP contribution is 2.18. The van der Waals surface area contributed by atoms with Crippen molar-refractivity contribution in [3.05, 3.63) is 0 Å². The van der Waals surface area contributed by atoms with Crippen molar-refractivity contribution >= 4 is 11.8 Å². The molecule has 1 rings (SSSR count). The summed E-state index contributed by atoms with van der Waals surface area (Å²) in [6.07, 6.45) is 1.89. The zero-order chi connectivity index (χ0) is 10.7. The summed E-state index contributed by atoms with van der Waals surface area (Å²) in [4.78, 5) is 26.3. The number of urea groups is 1. The summed E-state index contributed by atoms with van der Waals surface area (Å²) in [6, 6.07) is 0.121. The average Bonchev–Trinajstić information content (AvgIpc) is 2.16. The molecule has 1 heterocycles. The fourth-order valence-corrected chi connectivity index (χ4v) is 1.78. The number of nitrogens with zero attached hydrogens (tertiary/aromatic N) is 2. The van der Waals surface area contributed by atoms with E-state index >= 15 is 0 Å². The summed E-state index contributed by atoms with van der Waals surface area (Å²) in [7, 11) is 3.48. The van der Waals surface area contributed by atoms with E-state index < -0.39 is 0 Å². The van der Waals surface area contributed by atoms with Gasteiger partial charge in [-0.1, -0.05) is 6.92 Å². The smallest absolute Gasteiger partial charge is 0.319 e. The summed E-state index contributed by atoms with van der Waals surface area (Å²) in [6.45, 7) is 2.59. The maximum absolute atomic E-state index is 11.7. The first-order chi connectivity index (χ1) is 6.56. The molecule has 0 spiro atoms. The third-order valence-electron chi connectivity index (χ3n) is 2.64. The van der Waals surface area contributed by atoms with Crippen molar-refractivity contribution in [2.45, 2.75) is 32.2 Å². The molecule has 4 heteroatoms. The molecule has 2 amide bonds. The van der Waals surface area contributed by atoms with E-state index in [9.17, 15) is 9.59 Å². The molecule has 0 aromatic rings. The minimum atomic E-state index is 0.0179. The van der Waals surface area contributed by atoms with Gasteiger partial charge in [0, 0.05) is 39.5 Å². The van der Waals surface area contributed by atoms with E-state index in [0.29, 0.717) is 19.4 Å². The highest BCUT2D eigenvalue weighted by Gasteiger charge is 2.29. The number of amides is 2. The van der Waals surface area contributed by atoms with Gasteiger partial charge in [-0.15, -0.1) is 0 Å². The second-order valence-corrected chi connectivity index (χ2v) is 3.93. The van der Waals surface area contributed by atoms with Crippen LogP contribution in [0, 0.1) is 0 Å². The summed E-state index contributed by atoms with van der Waals surface area (Å²) in [5.41, 5.74) is 0. The maximum Gasteiger partial charge on any atom is 0.319 e. The number of Topliss-reactive ketones (excluding diaryl/α,β-unsaturated/α-hetero) is 1. The van der Waals surface area contributed by atoms with Gasteiger partial charge in [-0.05, 0) is 6.42 Å². The van der Waals surface area contributed by atoms with Crippen molar-refractivity contribution in [1.82, 2.24) is 9.80 Å². The van der Waals surface area contributed by atoms with Crippen molar-refractivity contribution in [3.8, 4) is 0 Å². The molecule has 0 aromatic heterocycles. The lowest BCUT2D eigenvalue weighted by Gasteiger charge is -2.36. The molecule has 1 aliphatic heterocycles. The van der Waals surface area contributed by atoms with Crippen LogP contribution >= 0.6 is 0 Å². The maximum atomic E-state index is 11.7. The molecule has 1 aliphatic rings. The van der Waals surface area contributed by atoms with Crippen LogP contribution in [-0.4, -0.2) is 48.3 Å². The first-order valence-electron chi connectivity index (χ1n) is 5.06. The average molecular weight is 198 g/mol. The molecule has 0 N–H and O–H groups in total. The third-order valence-corrected chi connectivity index (χ3v) is 2.64. The first kappa shape index (κ1) is 11.0. The topological polar surface area (TPSA) is 40.6 Å². The Hall–Kier alpha value is -1.06. The summed E-state index contributed by atoms with van der Waals surface area (Å²) in [5.74, 6) is 0.277. The van der Waals surface area contributed by atoms with Gasteiger partial charge in [0.2, 0.25) is 0 Å². The van der Waals surface area contributed by atoms with Gasteiger partial charge in [-0.3, -0.25) is 4.79 Å². The lowest BCUT2D eigenvalue weighted by atomic mass is 9.99. The van der Waals surface area contributed by atoms with Gasteiger partial charge >= 0.3 is 6.03 Å². The Bertz CT molecular complexity index is 238. The van der Waals surface area contributed by atoms with Gasteiger partial charge in [0.05, 0.1) is 0 Å². The van der Waals surface area contributed by atoms with Crippen LogP contribution in [0.1, 0.15) is 26.2 Å². The van der Waals surface area contributed by atoms with Gasteiger partial charge in [-0.25, -0.2) is 4.79 Å². The fraction of sp³-hybridized carbons (Fsp3) is 0.800. The quantitative estimate of drug-likeness (QED) is 0.633. The normalized spacial score (nSPS) is 22.4. The molecule has 80 valence electrons. The van der Waals surface area contributed by atoms with Crippen LogP contribution in [-0.2, 0) is 4.79 Å². The molecule has 4 nitrogen and oxygen atoms in total. The molecular formula is C10H18N2O2. The Labute approximate surface area is 84.9 Å². The highest BCUT2D eigenvalue weighted by atomic mass is 16.2. The minimum Gasteiger partial charge on any atom is -0.331 e. The number of likely N-dealkylation sites (tertiary alicyclic amines) is 1. The Morgan fingerprint density at radius 1 is 1.57 bits per heavy atom. The lowest BCUT2D eigenvalue weighted by Crippen LogP contribution is -2.49. The van der Waals surface area contributed by atoms with Gasteiger partial charge < -0.3 is 9.80 Å². The molecular weight excluding hydrogens is 180 g/mol. The molecule has 0 aliphatic carbocycles. The Kier molecular flexibility index (Phi) is 3.49. The monoisotopic (exact) mass is 198 g/mol. The van der Waals surface area contributed by atoms with Crippen molar-refractivity contribution in [2.24, 2.45) is 0 Å². The van der Waals surface area contributed by atoms with E-state index in [0.717, 1.165) is 6.42 Å². The number of hydrogen-bond donors (Lipinski definition) is 0. The van der Waals surface area contributed by atoms with Crippen molar-refractivity contribution < 1.29 is 9.59 Å². The van der Waals surface area contributed by atoms with Crippen molar-refractivity contribution in [1.29, 1.82) is 0 Å². The van der Waals surface area contributed by atoms with Crippen LogP contribution in [0.15, 0.2) is 0 Å². The largest absolute Gasteiger partial charge is 0.331 e. The molecule has 1 fully saturated rings. The van der Waals surface area contributed by atoms with Crippen LogP contribution in [0.25, 0.3) is 0 Å². The van der Waals surface area contributed by atoms with E-state index in [4.69, 9.17) is 0 Å². The Morgan fingerprint density at radius 2 is 2.21 bits per heavy atom. The number of rotatable bonds is 1. The predicted molar refractivity (Wildman–Crippen MR) is 54.1 cm³/mol. The van der Waals surface area contributed by atoms with Crippen LogP contribution in [0.4, 0.5) is 4.79 Å². The minimum absolute atomic E-state index is 0.0179. The SMILES string of the molecule is CCC1CC(=O)CCN1C(=O)N(C)C. The molecule has 0 aromatic carbocycles. The predicted octanol–water partition coefficient (Wildman–Crippen LogP) is 1.11. The summed E-state index contributed by atoms with van der Waals surface area (Å²) < 4.78 is 0. The van der Waals surface area contributed by atoms with E-state index in [-0.39, 0.29) is 17.9 Å². The molecule has 1 atom stereocenters. The second kappa shape index (κ2) is 4.44. The van der Waals surface area contributed by atoms with Crippen molar-refractivity contribution in [3.63, 3.8) is 0 Å². The van der Waals surface area contributed by atoms with E-state index in [1.807, 2.05) is 6.92 Å². The van der Waals surface area contributed by atoms with E-state index in [2.05, 4.69) is 0 Å². The summed E-state index contributed by atoms with van der Waals surface area (Å²) >= 11 is 0. The van der Waals surface area contributed by atoms with Gasteiger partial charge in [-0.2, -0.15) is 0 Å². The van der Waals surface area contributed by atoms with E-state index in [1.165, 1.54) is 0 Å². The zero-order valence-corrected chi connectivity index (χ0v) is 9.12. The number of carbonyl (C=O) groups excluding carboxylic acids is 2. The zero-order valence-electron chi connectivity index (χ0n) is 9.12. The van der Waals surface area contributed by atoms with Crippen molar-refractivity contribution in [2.75, 3.05) is 20.6 Å². The van der Waals surface area contributed by atoms with Gasteiger partial charge in [0.25, 0.3) is 0 Å². The third kappa shape index (κ3) is 2.25. The highest BCUT2D eigenvalue weighted by molar-refractivity contribution is 5.83. The van der Waals surface area contributed by atoms with Gasteiger partial charge in [0.15, 0.2) is 0 Å². The van der Waals surface area contributed by atoms with Crippen LogP contribution < -0.4 is 0 Å². The molecule has 0 radical (unpaired) electrons. The van der Waals surface area contributed by atoms with Gasteiger partial charge in [0.1, 0.15) is 5.78 Å². The first-order valence-corrected chi connectivity index (χ1v) is 5.06. The molecule has 1 unspecified atom stereocenters. The Balaban J connectivity index is 2.67. The molecule has 1 saturated heterocycles. The summed E-state index contributed by atoms with van der Waals surface area (Å²) in [5, 5.41) is 0. The molecule has 0 saturated carbocycles. The number of ketones is 1. The van der Waals surface area contributed by atoms with E-state index in [1.54, 1.807) is 23.9 Å². The second-order valence-electron chi connectivity index (χ2n) is 3.93. The number of hydrogen-bond acceptors (Lipinski definition) is 2. The van der Waals surface area contributed by atoms with Crippen LogP contribution in [0.3, 0.4) is 0 Å². The fourth-order valence-electron chi connectivity index (χ4n) is 1.78. The molecule has 14 heavy (non-hydrogen) atoms. The standard InChI is InChI=1S/C10H18N2O2/c1-4-8-7-9(13)5-6-12(8)10(14)11(2)3/h8H,4-7H2,1-3H3. The Morgan fingerprint density at radius 3 is 2.71 bits per heavy atom. The molecule has 0 bridgehead atoms. The van der Waals surface area contributed by atoms with Crippen LogP contribution in [0.5, 0.6) is 0 Å². The number of piperidine rings is 1. The number of carbonyl (C=O) groups is 2.